The topological polar surface area (TPSA) is 64.9 Å². The van der Waals surface area contributed by atoms with Crippen molar-refractivity contribution in [3.63, 3.8) is 0 Å². The summed E-state index contributed by atoms with van der Waals surface area (Å²) in [6, 6.07) is -0.158. The van der Waals surface area contributed by atoms with Crippen LogP contribution in [0.4, 0.5) is 0 Å². The molecule has 1 aromatic heterocycles. The normalized spacial score (nSPS) is 21.4. The van der Waals surface area contributed by atoms with Crippen molar-refractivity contribution in [2.24, 2.45) is 5.73 Å². The highest BCUT2D eigenvalue weighted by molar-refractivity contribution is 4.94. The summed E-state index contributed by atoms with van der Waals surface area (Å²) < 4.78 is 5.63. The van der Waals surface area contributed by atoms with Gasteiger partial charge in [-0.15, -0.1) is 10.2 Å². The molecular formula is C12H21N3O. The number of hydrogen-bond acceptors (Lipinski definition) is 4. The van der Waals surface area contributed by atoms with Crippen LogP contribution in [-0.2, 0) is 0 Å². The van der Waals surface area contributed by atoms with Crippen molar-refractivity contribution in [2.45, 2.75) is 63.8 Å². The van der Waals surface area contributed by atoms with E-state index in [1.54, 1.807) is 0 Å². The number of hydrogen-bond donors (Lipinski definition) is 1. The first-order chi connectivity index (χ1) is 7.77. The second-order valence-corrected chi connectivity index (χ2v) is 4.81. The Kier molecular flexibility index (Phi) is 3.93. The predicted octanol–water partition coefficient (Wildman–Crippen LogP) is 2.92. The summed E-state index contributed by atoms with van der Waals surface area (Å²) in [5.74, 6) is 1.83. The lowest BCUT2D eigenvalue weighted by molar-refractivity contribution is 0.355. The molecule has 2 N–H and O–H groups in total. The Morgan fingerprint density at radius 2 is 1.75 bits per heavy atom. The lowest BCUT2D eigenvalue weighted by Gasteiger charge is -2.15. The Labute approximate surface area is 96.6 Å². The molecule has 1 aliphatic carbocycles. The van der Waals surface area contributed by atoms with Crippen molar-refractivity contribution in [2.75, 3.05) is 0 Å². The number of rotatable bonds is 2. The van der Waals surface area contributed by atoms with Gasteiger partial charge in [0, 0.05) is 5.92 Å². The highest BCUT2D eigenvalue weighted by Gasteiger charge is 2.20. The smallest absolute Gasteiger partial charge is 0.232 e. The van der Waals surface area contributed by atoms with Crippen LogP contribution in [0.2, 0.25) is 0 Å². The quantitative estimate of drug-likeness (QED) is 0.837. The van der Waals surface area contributed by atoms with Gasteiger partial charge in [-0.05, 0) is 19.8 Å². The highest BCUT2D eigenvalue weighted by atomic mass is 16.4. The predicted molar refractivity (Wildman–Crippen MR) is 62.0 cm³/mol. The lowest BCUT2D eigenvalue weighted by atomic mass is 9.91. The van der Waals surface area contributed by atoms with Crippen molar-refractivity contribution in [1.29, 1.82) is 0 Å². The van der Waals surface area contributed by atoms with Gasteiger partial charge in [0.1, 0.15) is 0 Å². The molecule has 4 nitrogen and oxygen atoms in total. The summed E-state index contributed by atoms with van der Waals surface area (Å²) in [4.78, 5) is 0. The van der Waals surface area contributed by atoms with Crippen LogP contribution >= 0.6 is 0 Å². The third-order valence-corrected chi connectivity index (χ3v) is 3.30. The van der Waals surface area contributed by atoms with Gasteiger partial charge < -0.3 is 10.2 Å². The van der Waals surface area contributed by atoms with Gasteiger partial charge in [0.25, 0.3) is 0 Å². The van der Waals surface area contributed by atoms with Crippen molar-refractivity contribution < 1.29 is 4.42 Å². The van der Waals surface area contributed by atoms with Gasteiger partial charge in [0.15, 0.2) is 0 Å². The first-order valence-electron chi connectivity index (χ1n) is 6.36. The fraction of sp³-hybridized carbons (Fsp3) is 0.833. The maximum Gasteiger partial charge on any atom is 0.232 e. The second-order valence-electron chi connectivity index (χ2n) is 4.81. The summed E-state index contributed by atoms with van der Waals surface area (Å²) in [7, 11) is 0. The maximum atomic E-state index is 5.72. The first kappa shape index (κ1) is 11.6. The molecule has 1 aromatic rings. The third-order valence-electron chi connectivity index (χ3n) is 3.30. The number of aromatic nitrogens is 2. The van der Waals surface area contributed by atoms with Crippen LogP contribution in [0.15, 0.2) is 4.42 Å². The van der Waals surface area contributed by atoms with Crippen LogP contribution in [-0.4, -0.2) is 10.2 Å². The summed E-state index contributed by atoms with van der Waals surface area (Å²) in [5, 5.41) is 8.14. The van der Waals surface area contributed by atoms with Crippen LogP contribution in [0.25, 0.3) is 0 Å². The SMILES string of the molecule is CC(N)c1nnc(C2CCCCCCC2)o1. The van der Waals surface area contributed by atoms with E-state index in [0.29, 0.717) is 11.8 Å². The standard InChI is InChI=1S/C12H21N3O/c1-9(13)11-14-15-12(16-11)10-7-5-3-2-4-6-8-10/h9-10H,2-8,13H2,1H3. The number of nitrogens with two attached hydrogens (primary N) is 1. The average Bonchev–Trinajstić information content (AvgIpc) is 2.66. The van der Waals surface area contributed by atoms with E-state index >= 15 is 0 Å². The number of nitrogens with zero attached hydrogens (tertiary/aromatic N) is 2. The molecule has 1 unspecified atom stereocenters. The van der Waals surface area contributed by atoms with Crippen molar-refractivity contribution in [1.82, 2.24) is 10.2 Å². The van der Waals surface area contributed by atoms with Crippen molar-refractivity contribution in [3.8, 4) is 0 Å². The van der Waals surface area contributed by atoms with Gasteiger partial charge in [-0.2, -0.15) is 0 Å². The molecule has 4 heteroatoms. The average molecular weight is 223 g/mol. The summed E-state index contributed by atoms with van der Waals surface area (Å²) in [6.07, 6.45) is 8.97. The Balaban J connectivity index is 2.02. The van der Waals surface area contributed by atoms with E-state index in [4.69, 9.17) is 10.2 Å². The third kappa shape index (κ3) is 2.82. The molecule has 0 bridgehead atoms. The van der Waals surface area contributed by atoms with E-state index in [9.17, 15) is 0 Å². The van der Waals surface area contributed by atoms with E-state index in [1.807, 2.05) is 6.92 Å². The second kappa shape index (κ2) is 5.43. The molecule has 2 rings (SSSR count). The van der Waals surface area contributed by atoms with Crippen molar-refractivity contribution in [3.05, 3.63) is 11.8 Å². The molecule has 1 fully saturated rings. The largest absolute Gasteiger partial charge is 0.423 e. The molecule has 0 aromatic carbocycles. The maximum absolute atomic E-state index is 5.72. The molecule has 1 aliphatic rings. The monoisotopic (exact) mass is 223 g/mol. The summed E-state index contributed by atoms with van der Waals surface area (Å²) in [5.41, 5.74) is 5.72. The molecule has 0 saturated heterocycles. The fourth-order valence-corrected chi connectivity index (χ4v) is 2.30. The Morgan fingerprint density at radius 3 is 2.31 bits per heavy atom. The minimum absolute atomic E-state index is 0.158. The zero-order chi connectivity index (χ0) is 11.4. The lowest BCUT2D eigenvalue weighted by Crippen LogP contribution is -2.05. The molecule has 1 saturated carbocycles. The molecule has 0 spiro atoms. The molecule has 0 amide bonds. The van der Waals surface area contributed by atoms with Gasteiger partial charge in [-0.25, -0.2) is 0 Å². The Bertz CT molecular complexity index is 314. The van der Waals surface area contributed by atoms with E-state index in [2.05, 4.69) is 10.2 Å². The van der Waals surface area contributed by atoms with Gasteiger partial charge >= 0.3 is 0 Å². The van der Waals surface area contributed by atoms with Gasteiger partial charge in [0.2, 0.25) is 11.8 Å². The molecule has 1 atom stereocenters. The van der Waals surface area contributed by atoms with Crippen LogP contribution < -0.4 is 5.73 Å². The summed E-state index contributed by atoms with van der Waals surface area (Å²) in [6.45, 7) is 1.87. The Morgan fingerprint density at radius 1 is 1.12 bits per heavy atom. The van der Waals surface area contributed by atoms with E-state index in [0.717, 1.165) is 5.89 Å². The van der Waals surface area contributed by atoms with Gasteiger partial charge in [-0.1, -0.05) is 32.1 Å². The van der Waals surface area contributed by atoms with E-state index in [1.165, 1.54) is 44.9 Å². The molecule has 0 aliphatic heterocycles. The molecule has 16 heavy (non-hydrogen) atoms. The van der Waals surface area contributed by atoms with E-state index < -0.39 is 0 Å². The highest BCUT2D eigenvalue weighted by Crippen LogP contribution is 2.30. The van der Waals surface area contributed by atoms with Crippen LogP contribution in [0.3, 0.4) is 0 Å². The van der Waals surface area contributed by atoms with Crippen LogP contribution in [0.1, 0.15) is 75.6 Å². The Hall–Kier alpha value is -0.900. The van der Waals surface area contributed by atoms with Gasteiger partial charge in [0.05, 0.1) is 6.04 Å². The van der Waals surface area contributed by atoms with E-state index in [-0.39, 0.29) is 6.04 Å². The van der Waals surface area contributed by atoms with Gasteiger partial charge in [-0.3, -0.25) is 0 Å². The molecule has 1 heterocycles. The van der Waals surface area contributed by atoms with Crippen LogP contribution in [0.5, 0.6) is 0 Å². The molecule has 0 radical (unpaired) electrons. The zero-order valence-electron chi connectivity index (χ0n) is 9.98. The minimum atomic E-state index is -0.158. The van der Waals surface area contributed by atoms with Crippen molar-refractivity contribution >= 4 is 0 Å². The summed E-state index contributed by atoms with van der Waals surface area (Å²) >= 11 is 0. The molecular weight excluding hydrogens is 202 g/mol. The minimum Gasteiger partial charge on any atom is -0.423 e. The first-order valence-corrected chi connectivity index (χ1v) is 6.36. The van der Waals surface area contributed by atoms with Crippen LogP contribution in [0, 0.1) is 0 Å². The molecule has 90 valence electrons. The zero-order valence-corrected chi connectivity index (χ0v) is 9.98. The fourth-order valence-electron chi connectivity index (χ4n) is 2.30.